The number of hydrogen-bond acceptors (Lipinski definition) is 3. The zero-order valence-electron chi connectivity index (χ0n) is 10.8. The van der Waals surface area contributed by atoms with Gasteiger partial charge in [0.25, 0.3) is 0 Å². The second-order valence-corrected chi connectivity index (χ2v) is 6.26. The highest BCUT2D eigenvalue weighted by molar-refractivity contribution is 6.30. The highest BCUT2D eigenvalue weighted by atomic mass is 35.5. The number of ether oxygens (including phenoxy) is 2. The van der Waals surface area contributed by atoms with Crippen molar-refractivity contribution >= 4 is 11.6 Å². The normalized spacial score (nSPS) is 35.4. The van der Waals surface area contributed by atoms with Gasteiger partial charge in [-0.15, -0.1) is 0 Å². The van der Waals surface area contributed by atoms with E-state index in [0.29, 0.717) is 18.2 Å². The lowest BCUT2D eigenvalue weighted by Gasteiger charge is -2.22. The van der Waals surface area contributed by atoms with E-state index >= 15 is 0 Å². The fourth-order valence-electron chi connectivity index (χ4n) is 3.54. The van der Waals surface area contributed by atoms with E-state index in [1.165, 1.54) is 18.4 Å². The van der Waals surface area contributed by atoms with Crippen LogP contribution < -0.4 is 10.1 Å². The zero-order chi connectivity index (χ0) is 12.8. The molecule has 2 fully saturated rings. The van der Waals surface area contributed by atoms with Crippen LogP contribution in [-0.2, 0) is 11.2 Å². The number of rotatable bonds is 3. The molecule has 2 bridgehead atoms. The third kappa shape index (κ3) is 2.24. The van der Waals surface area contributed by atoms with Gasteiger partial charge < -0.3 is 14.8 Å². The first-order valence-corrected chi connectivity index (χ1v) is 7.49. The first kappa shape index (κ1) is 12.0. The van der Waals surface area contributed by atoms with Gasteiger partial charge in [0, 0.05) is 24.0 Å². The Morgan fingerprint density at radius 3 is 3.05 bits per heavy atom. The second-order valence-electron chi connectivity index (χ2n) is 5.82. The molecular formula is C15H18ClNO2. The van der Waals surface area contributed by atoms with Crippen molar-refractivity contribution in [3.8, 4) is 5.75 Å². The summed E-state index contributed by atoms with van der Waals surface area (Å²) in [6, 6.07) is 6.39. The van der Waals surface area contributed by atoms with E-state index in [1.54, 1.807) is 0 Å². The van der Waals surface area contributed by atoms with E-state index in [4.69, 9.17) is 21.1 Å². The lowest BCUT2D eigenvalue weighted by molar-refractivity contribution is 0.0958. The lowest BCUT2D eigenvalue weighted by Crippen LogP contribution is -2.42. The van der Waals surface area contributed by atoms with Crippen molar-refractivity contribution in [2.75, 3.05) is 6.54 Å². The van der Waals surface area contributed by atoms with Gasteiger partial charge >= 0.3 is 0 Å². The summed E-state index contributed by atoms with van der Waals surface area (Å²) in [4.78, 5) is 0. The van der Waals surface area contributed by atoms with E-state index in [1.807, 2.05) is 18.2 Å². The standard InChI is InChI=1S/C15H18ClNO2/c16-10-1-3-14-9(5-10)6-12(19-14)8-17-13-7-11-2-4-15(13)18-11/h1,3,5,11-13,15,17H,2,4,6-8H2. The monoisotopic (exact) mass is 279 g/mol. The van der Waals surface area contributed by atoms with Gasteiger partial charge in [-0.25, -0.2) is 0 Å². The summed E-state index contributed by atoms with van der Waals surface area (Å²) in [6.07, 6.45) is 5.73. The highest BCUT2D eigenvalue weighted by Crippen LogP contribution is 2.35. The summed E-state index contributed by atoms with van der Waals surface area (Å²) in [5.74, 6) is 0.986. The molecule has 2 saturated heterocycles. The number of fused-ring (bicyclic) bond motifs is 3. The number of nitrogens with one attached hydrogen (secondary N) is 1. The van der Waals surface area contributed by atoms with Crippen molar-refractivity contribution in [1.29, 1.82) is 0 Å². The maximum absolute atomic E-state index is 6.01. The zero-order valence-corrected chi connectivity index (χ0v) is 11.5. The molecule has 3 nitrogen and oxygen atoms in total. The molecule has 4 atom stereocenters. The van der Waals surface area contributed by atoms with Crippen LogP contribution in [0, 0.1) is 0 Å². The highest BCUT2D eigenvalue weighted by Gasteiger charge is 2.40. The summed E-state index contributed by atoms with van der Waals surface area (Å²) in [6.45, 7) is 0.892. The molecule has 3 aliphatic heterocycles. The fraction of sp³-hybridized carbons (Fsp3) is 0.600. The average molecular weight is 280 g/mol. The van der Waals surface area contributed by atoms with Gasteiger partial charge in [0.1, 0.15) is 11.9 Å². The van der Waals surface area contributed by atoms with Crippen LogP contribution in [0.1, 0.15) is 24.8 Å². The second kappa shape index (κ2) is 4.65. The molecule has 102 valence electrons. The molecule has 0 amide bonds. The molecule has 19 heavy (non-hydrogen) atoms. The molecule has 4 unspecified atom stereocenters. The molecule has 1 aromatic carbocycles. The van der Waals surface area contributed by atoms with Crippen molar-refractivity contribution in [1.82, 2.24) is 5.32 Å². The lowest BCUT2D eigenvalue weighted by atomic mass is 9.95. The molecule has 3 heterocycles. The quantitative estimate of drug-likeness (QED) is 0.922. The van der Waals surface area contributed by atoms with Gasteiger partial charge in [0.2, 0.25) is 0 Å². The number of hydrogen-bond donors (Lipinski definition) is 1. The largest absolute Gasteiger partial charge is 0.488 e. The summed E-state index contributed by atoms with van der Waals surface area (Å²) < 4.78 is 11.8. The Bertz CT molecular complexity index is 493. The average Bonchev–Trinajstić information content (AvgIpc) is 3.09. The summed E-state index contributed by atoms with van der Waals surface area (Å²) >= 11 is 6.01. The topological polar surface area (TPSA) is 30.5 Å². The Kier molecular flexibility index (Phi) is 2.94. The molecular weight excluding hydrogens is 262 g/mol. The SMILES string of the molecule is Clc1ccc2c(c1)CC(CNC1CC3CCC1O3)O2. The minimum absolute atomic E-state index is 0.229. The molecule has 0 spiro atoms. The molecule has 0 aliphatic carbocycles. The first-order chi connectivity index (χ1) is 9.28. The van der Waals surface area contributed by atoms with E-state index in [9.17, 15) is 0 Å². The minimum Gasteiger partial charge on any atom is -0.488 e. The van der Waals surface area contributed by atoms with Crippen LogP contribution in [0.4, 0.5) is 0 Å². The maximum Gasteiger partial charge on any atom is 0.123 e. The molecule has 0 aromatic heterocycles. The van der Waals surface area contributed by atoms with E-state index in [0.717, 1.165) is 30.2 Å². The van der Waals surface area contributed by atoms with Gasteiger partial charge in [-0.05, 0) is 43.0 Å². The van der Waals surface area contributed by atoms with E-state index < -0.39 is 0 Å². The van der Waals surface area contributed by atoms with Gasteiger partial charge in [-0.3, -0.25) is 0 Å². The van der Waals surface area contributed by atoms with Crippen LogP contribution in [0.15, 0.2) is 18.2 Å². The van der Waals surface area contributed by atoms with Gasteiger partial charge in [-0.2, -0.15) is 0 Å². The number of halogens is 1. The molecule has 4 rings (SSSR count). The van der Waals surface area contributed by atoms with Crippen molar-refractivity contribution in [2.45, 2.75) is 50.0 Å². The van der Waals surface area contributed by atoms with Crippen molar-refractivity contribution in [2.24, 2.45) is 0 Å². The Balaban J connectivity index is 1.34. The van der Waals surface area contributed by atoms with Crippen LogP contribution in [0.25, 0.3) is 0 Å². The Morgan fingerprint density at radius 1 is 1.32 bits per heavy atom. The maximum atomic E-state index is 6.01. The Morgan fingerprint density at radius 2 is 2.26 bits per heavy atom. The predicted octanol–water partition coefficient (Wildman–Crippen LogP) is 2.55. The van der Waals surface area contributed by atoms with Crippen LogP contribution in [0.5, 0.6) is 5.75 Å². The van der Waals surface area contributed by atoms with E-state index in [2.05, 4.69) is 5.32 Å². The minimum atomic E-state index is 0.229. The smallest absolute Gasteiger partial charge is 0.123 e. The Hall–Kier alpha value is -0.770. The van der Waals surface area contributed by atoms with Crippen LogP contribution in [0.3, 0.4) is 0 Å². The van der Waals surface area contributed by atoms with Crippen LogP contribution >= 0.6 is 11.6 Å². The third-order valence-corrected chi connectivity index (χ3v) is 4.71. The van der Waals surface area contributed by atoms with E-state index in [-0.39, 0.29) is 6.10 Å². The van der Waals surface area contributed by atoms with Crippen molar-refractivity contribution in [3.63, 3.8) is 0 Å². The third-order valence-electron chi connectivity index (χ3n) is 4.48. The predicted molar refractivity (Wildman–Crippen MR) is 73.9 cm³/mol. The van der Waals surface area contributed by atoms with Crippen LogP contribution in [-0.4, -0.2) is 30.9 Å². The molecule has 1 aromatic rings. The number of benzene rings is 1. The van der Waals surface area contributed by atoms with Gasteiger partial charge in [-0.1, -0.05) is 11.6 Å². The first-order valence-electron chi connectivity index (χ1n) is 7.12. The van der Waals surface area contributed by atoms with Gasteiger partial charge in [0.15, 0.2) is 0 Å². The molecule has 4 heteroatoms. The Labute approximate surface area is 118 Å². The molecule has 0 saturated carbocycles. The summed E-state index contributed by atoms with van der Waals surface area (Å²) in [5.41, 5.74) is 1.23. The molecule has 0 radical (unpaired) electrons. The summed E-state index contributed by atoms with van der Waals surface area (Å²) in [5, 5.41) is 4.41. The van der Waals surface area contributed by atoms with Crippen molar-refractivity contribution in [3.05, 3.63) is 28.8 Å². The summed E-state index contributed by atoms with van der Waals surface area (Å²) in [7, 11) is 0. The van der Waals surface area contributed by atoms with Gasteiger partial charge in [0.05, 0.1) is 12.2 Å². The van der Waals surface area contributed by atoms with Crippen LogP contribution in [0.2, 0.25) is 5.02 Å². The molecule has 3 aliphatic rings. The van der Waals surface area contributed by atoms with Crippen molar-refractivity contribution < 1.29 is 9.47 Å². The molecule has 1 N–H and O–H groups in total. The fourth-order valence-corrected chi connectivity index (χ4v) is 3.73.